The number of aliphatic hydroxyl groups is 1. The Morgan fingerprint density at radius 3 is 2.81 bits per heavy atom. The van der Waals surface area contributed by atoms with Crippen LogP contribution < -0.4 is 10.1 Å². The minimum absolute atomic E-state index is 0.0421. The predicted octanol–water partition coefficient (Wildman–Crippen LogP) is 4.22. The second-order valence-corrected chi connectivity index (χ2v) is 9.54. The van der Waals surface area contributed by atoms with Crippen molar-refractivity contribution < 1.29 is 19.2 Å². The Kier molecular flexibility index (Phi) is 6.61. The molecule has 1 atom stereocenters. The maximum atomic E-state index is 12.8. The third-order valence-corrected chi connectivity index (χ3v) is 6.70. The molecule has 2 heterocycles. The van der Waals surface area contributed by atoms with E-state index >= 15 is 0 Å². The van der Waals surface area contributed by atoms with Gasteiger partial charge in [0, 0.05) is 24.2 Å². The van der Waals surface area contributed by atoms with Crippen molar-refractivity contribution in [3.05, 3.63) is 53.1 Å². The van der Waals surface area contributed by atoms with E-state index < -0.39 is 0 Å². The first-order chi connectivity index (χ1) is 17.4. The van der Waals surface area contributed by atoms with Crippen LogP contribution in [0.4, 0.5) is 4.79 Å². The van der Waals surface area contributed by atoms with Gasteiger partial charge in [0.05, 0.1) is 23.8 Å². The number of likely N-dealkylation sites (tertiary alicyclic amines) is 1. The van der Waals surface area contributed by atoms with Crippen molar-refractivity contribution in [2.45, 2.75) is 57.8 Å². The molecule has 5 rings (SSSR count). The number of benzene rings is 2. The summed E-state index contributed by atoms with van der Waals surface area (Å²) in [6.45, 7) is 4.95. The summed E-state index contributed by atoms with van der Waals surface area (Å²) < 4.78 is 11.3. The van der Waals surface area contributed by atoms with Crippen molar-refractivity contribution in [1.82, 2.24) is 20.4 Å². The number of hydrogen-bond donors (Lipinski definition) is 2. The summed E-state index contributed by atoms with van der Waals surface area (Å²) in [7, 11) is 0. The molecule has 1 fully saturated rings. The van der Waals surface area contributed by atoms with Gasteiger partial charge < -0.3 is 24.6 Å². The number of nitrogens with one attached hydrogen (secondary N) is 1. The van der Waals surface area contributed by atoms with Crippen molar-refractivity contribution in [2.24, 2.45) is 0 Å². The molecule has 2 amide bonds. The molecule has 9 heteroatoms. The first kappa shape index (κ1) is 23.8. The molecule has 0 bridgehead atoms. The second-order valence-electron chi connectivity index (χ2n) is 9.54. The maximum Gasteiger partial charge on any atom is 0.317 e. The largest absolute Gasteiger partial charge is 0.490 e. The van der Waals surface area contributed by atoms with Gasteiger partial charge in [-0.3, -0.25) is 0 Å². The molecule has 2 aliphatic rings. The molecule has 2 aromatic carbocycles. The van der Waals surface area contributed by atoms with Gasteiger partial charge in [-0.1, -0.05) is 23.4 Å². The molecule has 186 valence electrons. The standard InChI is InChI=1S/C27H29N5O4/c1-16(2)35-24-9-6-17(14-18(24)15-28)26-30-25(31-36-26)22-5-3-4-21-20(22)7-8-23(21)29-27(34)32-12-10-19(33)11-13-32/h3-6,9,14,16,19,23,33H,7-8,10-13H2,1-2H3,(H,29,34)/t23-/m0/s1. The Balaban J connectivity index is 1.35. The highest BCUT2D eigenvalue weighted by atomic mass is 16.5. The number of ether oxygens (including phenoxy) is 1. The molecule has 1 aliphatic carbocycles. The van der Waals surface area contributed by atoms with Crippen LogP contribution in [0.3, 0.4) is 0 Å². The molecular weight excluding hydrogens is 458 g/mol. The Morgan fingerprint density at radius 2 is 2.06 bits per heavy atom. The Hall–Kier alpha value is -3.90. The van der Waals surface area contributed by atoms with Crippen molar-refractivity contribution in [1.29, 1.82) is 5.26 Å². The van der Waals surface area contributed by atoms with E-state index in [0.29, 0.717) is 54.5 Å². The van der Waals surface area contributed by atoms with Crippen LogP contribution in [0.25, 0.3) is 22.8 Å². The number of piperidine rings is 1. The fourth-order valence-corrected chi connectivity index (χ4v) is 4.88. The fraction of sp³-hybridized carbons (Fsp3) is 0.407. The smallest absolute Gasteiger partial charge is 0.317 e. The number of amides is 2. The molecule has 3 aromatic rings. The van der Waals surface area contributed by atoms with Crippen molar-refractivity contribution >= 4 is 6.03 Å². The number of rotatable bonds is 5. The van der Waals surface area contributed by atoms with Gasteiger partial charge in [-0.2, -0.15) is 10.2 Å². The molecule has 9 nitrogen and oxygen atoms in total. The van der Waals surface area contributed by atoms with Gasteiger partial charge in [0.25, 0.3) is 5.89 Å². The summed E-state index contributed by atoms with van der Waals surface area (Å²) in [6.07, 6.45) is 2.45. The zero-order valence-electron chi connectivity index (χ0n) is 20.4. The van der Waals surface area contributed by atoms with Gasteiger partial charge in [-0.15, -0.1) is 0 Å². The third kappa shape index (κ3) is 4.77. The highest BCUT2D eigenvalue weighted by molar-refractivity contribution is 5.76. The van der Waals surface area contributed by atoms with E-state index in [9.17, 15) is 15.2 Å². The monoisotopic (exact) mass is 487 g/mol. The number of urea groups is 1. The molecule has 0 spiro atoms. The molecule has 1 saturated heterocycles. The predicted molar refractivity (Wildman–Crippen MR) is 132 cm³/mol. The fourth-order valence-electron chi connectivity index (χ4n) is 4.88. The van der Waals surface area contributed by atoms with E-state index in [1.165, 1.54) is 0 Å². The Labute approximate surface area is 209 Å². The van der Waals surface area contributed by atoms with Gasteiger partial charge in [0.2, 0.25) is 5.82 Å². The quantitative estimate of drug-likeness (QED) is 0.552. The average molecular weight is 488 g/mol. The first-order valence-corrected chi connectivity index (χ1v) is 12.3. The lowest BCUT2D eigenvalue weighted by molar-refractivity contribution is 0.0928. The molecule has 2 N–H and O–H groups in total. The van der Waals surface area contributed by atoms with E-state index in [4.69, 9.17) is 9.26 Å². The summed E-state index contributed by atoms with van der Waals surface area (Å²) in [5, 5.41) is 26.6. The van der Waals surface area contributed by atoms with Gasteiger partial charge in [-0.25, -0.2) is 4.79 Å². The molecule has 1 aliphatic heterocycles. The maximum absolute atomic E-state index is 12.8. The molecule has 0 unspecified atom stereocenters. The Bertz CT molecular complexity index is 1300. The number of aromatic nitrogens is 2. The highest BCUT2D eigenvalue weighted by Crippen LogP contribution is 2.38. The molecular formula is C27H29N5O4. The summed E-state index contributed by atoms with van der Waals surface area (Å²) in [5.41, 5.74) is 4.09. The number of aliphatic hydroxyl groups excluding tert-OH is 1. The van der Waals surface area contributed by atoms with E-state index in [1.54, 1.807) is 23.1 Å². The van der Waals surface area contributed by atoms with Crippen molar-refractivity contribution in [3.63, 3.8) is 0 Å². The minimum Gasteiger partial charge on any atom is -0.490 e. The lowest BCUT2D eigenvalue weighted by Gasteiger charge is -2.30. The number of fused-ring (bicyclic) bond motifs is 1. The van der Waals surface area contributed by atoms with Crippen LogP contribution in [-0.2, 0) is 6.42 Å². The summed E-state index contributed by atoms with van der Waals surface area (Å²) >= 11 is 0. The molecule has 0 radical (unpaired) electrons. The summed E-state index contributed by atoms with van der Waals surface area (Å²) in [4.78, 5) is 19.2. The van der Waals surface area contributed by atoms with Gasteiger partial charge in [0.1, 0.15) is 11.8 Å². The van der Waals surface area contributed by atoms with Crippen LogP contribution in [0.1, 0.15) is 55.8 Å². The number of nitrogens with zero attached hydrogens (tertiary/aromatic N) is 4. The van der Waals surface area contributed by atoms with E-state index in [0.717, 1.165) is 29.5 Å². The summed E-state index contributed by atoms with van der Waals surface area (Å²) in [6, 6.07) is 13.2. The van der Waals surface area contributed by atoms with E-state index in [2.05, 4.69) is 21.5 Å². The van der Waals surface area contributed by atoms with Crippen molar-refractivity contribution in [3.8, 4) is 34.7 Å². The summed E-state index contributed by atoms with van der Waals surface area (Å²) in [5.74, 6) is 1.32. The highest BCUT2D eigenvalue weighted by Gasteiger charge is 2.30. The van der Waals surface area contributed by atoms with E-state index in [-0.39, 0.29) is 24.3 Å². The molecule has 0 saturated carbocycles. The average Bonchev–Trinajstić information content (AvgIpc) is 3.52. The van der Waals surface area contributed by atoms with Crippen LogP contribution in [-0.4, -0.2) is 51.5 Å². The third-order valence-electron chi connectivity index (χ3n) is 6.70. The normalized spacial score (nSPS) is 17.6. The second kappa shape index (κ2) is 9.99. The molecule has 1 aromatic heterocycles. The number of carbonyl (C=O) groups excluding carboxylic acids is 1. The lowest BCUT2D eigenvalue weighted by atomic mass is 10.0. The van der Waals surface area contributed by atoms with Gasteiger partial charge >= 0.3 is 6.03 Å². The van der Waals surface area contributed by atoms with Gasteiger partial charge in [-0.05, 0) is 68.9 Å². The van der Waals surface area contributed by atoms with Crippen LogP contribution in [0.5, 0.6) is 5.75 Å². The minimum atomic E-state index is -0.318. The van der Waals surface area contributed by atoms with E-state index in [1.807, 2.05) is 32.0 Å². The topological polar surface area (TPSA) is 125 Å². The van der Waals surface area contributed by atoms with Crippen LogP contribution in [0, 0.1) is 11.3 Å². The number of carbonyl (C=O) groups is 1. The zero-order chi connectivity index (χ0) is 25.2. The molecule has 36 heavy (non-hydrogen) atoms. The van der Waals surface area contributed by atoms with Gasteiger partial charge in [0.15, 0.2) is 0 Å². The number of hydrogen-bond acceptors (Lipinski definition) is 7. The van der Waals surface area contributed by atoms with Crippen molar-refractivity contribution in [2.75, 3.05) is 13.1 Å². The number of nitriles is 1. The SMILES string of the molecule is CC(C)Oc1ccc(-c2nc(-c3cccc4c3CC[C@@H]4NC(=O)N3CCC(O)CC3)no2)cc1C#N. The van der Waals surface area contributed by atoms with Crippen LogP contribution >= 0.6 is 0 Å². The van der Waals surface area contributed by atoms with Crippen LogP contribution in [0.15, 0.2) is 40.9 Å². The van der Waals surface area contributed by atoms with Crippen LogP contribution in [0.2, 0.25) is 0 Å². The lowest BCUT2D eigenvalue weighted by Crippen LogP contribution is -2.46. The Morgan fingerprint density at radius 1 is 1.25 bits per heavy atom. The zero-order valence-corrected chi connectivity index (χ0v) is 20.4. The first-order valence-electron chi connectivity index (χ1n) is 12.3.